The summed E-state index contributed by atoms with van der Waals surface area (Å²) in [6, 6.07) is 0. The maximum atomic E-state index is 12.0. The van der Waals surface area contributed by atoms with Crippen molar-refractivity contribution in [3.63, 3.8) is 0 Å². The van der Waals surface area contributed by atoms with Crippen LogP contribution in [0, 0.1) is 23.7 Å². The maximum Gasteiger partial charge on any atom is 0.335 e. The normalized spacial score (nSPS) is 31.8. The van der Waals surface area contributed by atoms with E-state index in [4.69, 9.17) is 117 Å². The van der Waals surface area contributed by atoms with Crippen molar-refractivity contribution in [1.82, 2.24) is 117 Å². The molecule has 6 saturated heterocycles. The van der Waals surface area contributed by atoms with E-state index in [1.165, 1.54) is 101 Å². The van der Waals surface area contributed by atoms with E-state index in [2.05, 4.69) is 89.7 Å². The summed E-state index contributed by atoms with van der Waals surface area (Å²) < 4.78 is 183. The van der Waals surface area contributed by atoms with Gasteiger partial charge in [-0.05, 0) is 6.42 Å². The van der Waals surface area contributed by atoms with Crippen molar-refractivity contribution >= 4 is 114 Å². The molecule has 0 amide bonds. The third-order valence-electron chi connectivity index (χ3n) is 21.4. The lowest BCUT2D eigenvalue weighted by atomic mass is 9.98. The Morgan fingerprint density at radius 1 is 0.366 bits per heavy atom. The quantitative estimate of drug-likeness (QED) is 0.0477. The summed E-state index contributed by atoms with van der Waals surface area (Å²) in [5.41, 5.74) is 38.8. The minimum absolute atomic E-state index is 0. The van der Waals surface area contributed by atoms with Crippen molar-refractivity contribution in [3.8, 4) is 0 Å². The largest absolute Gasteiger partial charge is 0.479 e. The van der Waals surface area contributed by atoms with Crippen molar-refractivity contribution in [2.24, 2.45) is 23.7 Å². The number of esters is 1. The molecule has 51 nitrogen and oxygen atoms in total. The number of nitrogens with two attached hydrogens (primary N) is 6. The molecule has 12 aromatic rings. The van der Waals surface area contributed by atoms with E-state index in [0.717, 1.165) is 6.42 Å². The lowest BCUT2D eigenvalue weighted by Crippen LogP contribution is -2.34. The number of carboxylic acid groups (broad SMARTS) is 1. The number of anilines is 6. The van der Waals surface area contributed by atoms with Gasteiger partial charge in [0.2, 0.25) is 0 Å². The molecule has 51 heteroatoms. The second kappa shape index (κ2) is 38.8. The van der Waals surface area contributed by atoms with Crippen molar-refractivity contribution in [2.45, 2.75) is 171 Å². The third-order valence-corrected chi connectivity index (χ3v) is 21.4. The van der Waals surface area contributed by atoms with Crippen LogP contribution in [0.1, 0.15) is 106 Å². The van der Waals surface area contributed by atoms with Gasteiger partial charge in [-0.15, -0.1) is 0 Å². The number of carbonyl (C=O) groups is 2. The monoisotopic (exact) mass is 1740 g/mol. The molecule has 12 aromatic heterocycles. The molecule has 0 spiro atoms. The molecule has 24 atom stereocenters. The zero-order valence-electron chi connectivity index (χ0n) is 80.2. The average molecular weight is 1740 g/mol. The molecule has 18 rings (SSSR count). The summed E-state index contributed by atoms with van der Waals surface area (Å²) in [6.45, 7) is 7.75. The molecular formula is C72H100N30O21. The van der Waals surface area contributed by atoms with Gasteiger partial charge in [0.25, 0.3) is 0 Å². The highest BCUT2D eigenvalue weighted by molar-refractivity contribution is 5.85. The number of fused-ring (bicyclic) bond motifs is 6. The van der Waals surface area contributed by atoms with Gasteiger partial charge in [-0.2, -0.15) is 0 Å². The second-order valence-electron chi connectivity index (χ2n) is 28.3. The first-order valence-electron chi connectivity index (χ1n) is 44.6. The van der Waals surface area contributed by atoms with E-state index in [0.29, 0.717) is 67.0 Å². The summed E-state index contributed by atoms with van der Waals surface area (Å²) in [7, 11) is -12.0. The zero-order chi connectivity index (χ0) is 99.9. The number of hydrogen-bond donors (Lipinski definition) is 13. The second-order valence-corrected chi connectivity index (χ2v) is 28.3. The van der Waals surface area contributed by atoms with Gasteiger partial charge in [-0.3, -0.25) is 27.4 Å². The van der Waals surface area contributed by atoms with Crippen LogP contribution in [-0.2, 0) is 66.4 Å². The van der Waals surface area contributed by atoms with Gasteiger partial charge in [-0.25, -0.2) is 99.3 Å². The highest BCUT2D eigenvalue weighted by Gasteiger charge is 2.51. The fraction of sp³-hybridized carbons (Fsp3) is 0.556. The first kappa shape index (κ1) is 71.9. The number of aliphatic carboxylic acids is 1. The number of aliphatic hydroxyl groups excluding tert-OH is 6. The highest BCUT2D eigenvalue weighted by atomic mass is 16.6. The van der Waals surface area contributed by atoms with Crippen LogP contribution in [-0.4, -0.2) is 312 Å². The van der Waals surface area contributed by atoms with Gasteiger partial charge >= 0.3 is 11.9 Å². The summed E-state index contributed by atoms with van der Waals surface area (Å²) in [6.07, 6.45) is -1.59. The average Bonchev–Trinajstić information content (AvgIpc) is 1.61. The zero-order valence-corrected chi connectivity index (χ0v) is 65.2. The maximum absolute atomic E-state index is 12.0. The van der Waals surface area contributed by atoms with Crippen molar-refractivity contribution < 1.29 is 123 Å². The Bertz CT molecular complexity index is 5900. The molecule has 0 unspecified atom stereocenters. The molecular weight excluding hydrogens is 1620 g/mol. The molecule has 19 N–H and O–H groups in total. The summed E-state index contributed by atoms with van der Waals surface area (Å²) in [4.78, 5) is 95.6. The number of hydrogen-bond acceptors (Lipinski definition) is 44. The first-order valence-corrected chi connectivity index (χ1v) is 37.1. The number of carboxylic acids is 1. The van der Waals surface area contributed by atoms with Crippen LogP contribution in [0.25, 0.3) is 67.0 Å². The minimum Gasteiger partial charge on any atom is -0.479 e. The van der Waals surface area contributed by atoms with E-state index in [1.54, 1.807) is 29.9 Å². The fourth-order valence-corrected chi connectivity index (χ4v) is 14.8. The molecule has 123 heavy (non-hydrogen) atoms. The van der Waals surface area contributed by atoms with Crippen molar-refractivity contribution in [2.75, 3.05) is 96.5 Å². The van der Waals surface area contributed by atoms with Crippen LogP contribution in [0.15, 0.2) is 75.9 Å². The lowest BCUT2D eigenvalue weighted by molar-refractivity contribution is -0.157. The molecule has 0 bridgehead atoms. The number of aliphatic hydroxyl groups is 6. The number of nitrogen functional groups attached to an aromatic ring is 6. The molecule has 0 aromatic carbocycles. The number of ether oxygens (including phenoxy) is 12. The van der Waals surface area contributed by atoms with Gasteiger partial charge in [0.15, 0.2) is 118 Å². The standard InChI is InChI=1S/C13H17N5O4.C13H19N5O2.C12H15N5O4.C12H17N5O3.C11H15N5O4.C10H13N5O4.CH4/c1-6-8(20-2)12(22-9(6)13(19)21-3)18-5-17-7-10(14)15-4-16-11(7)18;1-4-8-7(2)10(19-3)13(20-8)18-6-17-9-11(14)15-5-16-12(9)18;1-5-7(20-2)11(21-8(5)12(18)19)17-4-16-6-9(13)14-3-15-10(6)17;1-6-7(3-18)20-12(9(6)19-2)17-5-16-8-10(13)14-4-15-11(8)17;1-19-8-7(18)5(2-17)20-11(8)16-4-15-6-9(12)13-3-14-10(6)16;11-8-5-9(13-2-12-8)15(3-14-5)10-7(18)6(17)4(1-16)19-10;/h4-6,8-9,12H,1-3H3,(H2,14,15,16);5-8,10,13H,4H2,1-3H3,(H2,14,15,16);3-5,7-8,11H,1-2H3,(H,18,19)(H2,13,14,15);4-7,9,12,18H,3H2,1-2H3,(H2,13,14,15);3-5,7-8,11,17-18H,2H2,1H3,(H2,12,13,14);2-4,6-7,10,16-18H,1H2,(H2,11,12,13);1H4/t6-,8+,9-,12+;7-,8-,10-,13-;5-,7+,8-,11+;6-,7-,9-,12-;5-,7-,8-,11-;4-,6-,7-,10-;/m010111./s1/i2D3;3D3;2*2D3;1D3;;. The SMILES string of the molecule is C.Nc1ncnc2c1ncn2[C@@H]1O[C@H](CO)[C@@H](O)[C@H]1O.[2H]C([2H])([2H])O[C@@H]1[C@H](C)[C@@H](C(=O)O)O[C@H]1n1cnc2c(N)ncnc21.[2H]C([2H])([2H])O[C@@H]1[C@H](C)[C@@H](C(=O)OC)O[C@H]1n1cnc2c(N)ncnc21.[2H]C([2H])([2H])O[C@@H]1[C@H](C)[C@@H](CC)O[C@H]1n1cnc2c(N)ncnc21.[2H]C([2H])([2H])O[C@@H]1[C@H](C)[C@@H](CO)O[C@H]1n1cnc2c(N)ncnc21.[2H]C([2H])([2H])O[C@@H]1[C@H](O)[C@@H](CO)O[C@H]1n1cnc2c(N)ncnc21. The van der Waals surface area contributed by atoms with E-state index in [1.807, 2.05) is 13.8 Å². The van der Waals surface area contributed by atoms with E-state index in [9.17, 15) is 40.2 Å². The van der Waals surface area contributed by atoms with E-state index >= 15 is 0 Å². The van der Waals surface area contributed by atoms with Crippen LogP contribution in [0.3, 0.4) is 0 Å². The van der Waals surface area contributed by atoms with Gasteiger partial charge < -0.3 is 127 Å². The Morgan fingerprint density at radius 2 is 0.626 bits per heavy atom. The molecule has 0 aliphatic carbocycles. The predicted octanol–water partition coefficient (Wildman–Crippen LogP) is -1.18. The summed E-state index contributed by atoms with van der Waals surface area (Å²) >= 11 is 0. The Hall–Kier alpha value is -11.6. The van der Waals surface area contributed by atoms with Crippen LogP contribution in [0.2, 0.25) is 0 Å². The van der Waals surface area contributed by atoms with E-state index in [-0.39, 0.29) is 66.9 Å². The van der Waals surface area contributed by atoms with Crippen LogP contribution in [0.4, 0.5) is 34.9 Å². The Balaban J connectivity index is 0.000000149. The predicted molar refractivity (Wildman–Crippen MR) is 428 cm³/mol. The third kappa shape index (κ3) is 17.2. The number of nitrogens with zero attached hydrogens (tertiary/aromatic N) is 24. The summed E-state index contributed by atoms with van der Waals surface area (Å²) in [5.74, 6) is -2.35. The Morgan fingerprint density at radius 3 is 0.935 bits per heavy atom. The Kier molecular flexibility index (Phi) is 22.7. The molecule has 6 aliphatic heterocycles. The smallest absolute Gasteiger partial charge is 0.335 e. The number of imidazole rings is 6. The van der Waals surface area contributed by atoms with E-state index < -0.39 is 189 Å². The topological polar surface area (TPSA) is 704 Å². The number of methoxy groups -OCH3 is 6. The van der Waals surface area contributed by atoms with Crippen LogP contribution < -0.4 is 34.4 Å². The van der Waals surface area contributed by atoms with Crippen LogP contribution in [0.5, 0.6) is 0 Å². The molecule has 6 aliphatic rings. The van der Waals surface area contributed by atoms with Crippen molar-refractivity contribution in [3.05, 3.63) is 75.9 Å². The summed E-state index contributed by atoms with van der Waals surface area (Å²) in [5, 5.41) is 66.9. The number of carbonyl (C=O) groups excluding carboxylic acids is 1. The highest BCUT2D eigenvalue weighted by Crippen LogP contribution is 2.43. The molecule has 6 fully saturated rings. The molecule has 0 saturated carbocycles. The molecule has 0 radical (unpaired) electrons. The minimum atomic E-state index is -2.75. The van der Waals surface area contributed by atoms with Gasteiger partial charge in [0.1, 0.15) is 132 Å². The molecule has 664 valence electrons. The van der Waals surface area contributed by atoms with Crippen LogP contribution >= 0.6 is 0 Å². The lowest BCUT2D eigenvalue weighted by Gasteiger charge is -2.20. The van der Waals surface area contributed by atoms with Gasteiger partial charge in [-0.1, -0.05) is 42.0 Å². The first-order chi connectivity index (χ1) is 64.5. The number of rotatable bonds is 17. The molecule has 18 heterocycles. The number of aromatic nitrogens is 24. The van der Waals surface area contributed by atoms with Crippen molar-refractivity contribution in [1.29, 1.82) is 0 Å². The van der Waals surface area contributed by atoms with Gasteiger partial charge in [0.05, 0.1) is 97.7 Å². The van der Waals surface area contributed by atoms with Gasteiger partial charge in [0, 0.05) is 58.9 Å². The Labute approximate surface area is 719 Å². The fourth-order valence-electron chi connectivity index (χ4n) is 14.8.